The zero-order valence-electron chi connectivity index (χ0n) is 31.4. The van der Waals surface area contributed by atoms with E-state index in [1.807, 2.05) is 47.7 Å². The number of fused-ring (bicyclic) bond motifs is 12. The minimum atomic E-state index is 0.591. The highest BCUT2D eigenvalue weighted by Crippen LogP contribution is 2.45. The predicted molar refractivity (Wildman–Crippen MR) is 246 cm³/mol. The lowest BCUT2D eigenvalue weighted by Crippen LogP contribution is -2.00. The Kier molecular flexibility index (Phi) is 6.82. The van der Waals surface area contributed by atoms with Crippen molar-refractivity contribution in [2.45, 2.75) is 0 Å². The number of thiophene rings is 1. The van der Waals surface area contributed by atoms with Gasteiger partial charge in [-0.2, -0.15) is 0 Å². The third kappa shape index (κ3) is 4.87. The number of nitrogens with zero attached hydrogens (tertiary/aromatic N) is 4. The second-order valence-electron chi connectivity index (χ2n) is 15.1. The maximum atomic E-state index is 6.87. The molecule has 13 rings (SSSR count). The molecule has 0 fully saturated rings. The van der Waals surface area contributed by atoms with Crippen LogP contribution in [0.3, 0.4) is 0 Å². The summed E-state index contributed by atoms with van der Waals surface area (Å²) in [5.41, 5.74) is 7.78. The Labute approximate surface area is 341 Å². The van der Waals surface area contributed by atoms with Crippen molar-refractivity contribution < 1.29 is 4.42 Å². The maximum Gasteiger partial charge on any atom is 0.164 e. The number of aromatic nitrogens is 4. The van der Waals surface area contributed by atoms with Gasteiger partial charge in [0.25, 0.3) is 0 Å². The number of furan rings is 1. The van der Waals surface area contributed by atoms with Crippen LogP contribution in [-0.2, 0) is 0 Å². The molecular formula is C53H30N4OS. The van der Waals surface area contributed by atoms with Gasteiger partial charge in [0, 0.05) is 69.2 Å². The second-order valence-corrected chi connectivity index (χ2v) is 16.2. The summed E-state index contributed by atoms with van der Waals surface area (Å²) in [4.78, 5) is 15.5. The Morgan fingerprint density at radius 3 is 2.00 bits per heavy atom. The Hall–Kier alpha value is -7.67. The maximum absolute atomic E-state index is 6.87. The highest BCUT2D eigenvalue weighted by atomic mass is 32.1. The van der Waals surface area contributed by atoms with Crippen LogP contribution in [-0.4, -0.2) is 19.5 Å². The van der Waals surface area contributed by atoms with Crippen molar-refractivity contribution in [3.05, 3.63) is 182 Å². The topological polar surface area (TPSA) is 56.7 Å². The van der Waals surface area contributed by atoms with Crippen molar-refractivity contribution in [1.82, 2.24) is 19.5 Å². The lowest BCUT2D eigenvalue weighted by molar-refractivity contribution is 0.672. The molecule has 0 spiro atoms. The van der Waals surface area contributed by atoms with Gasteiger partial charge < -0.3 is 8.98 Å². The minimum absolute atomic E-state index is 0.591. The molecule has 0 unspecified atom stereocenters. The van der Waals surface area contributed by atoms with Crippen LogP contribution >= 0.6 is 11.3 Å². The van der Waals surface area contributed by atoms with Crippen molar-refractivity contribution in [3.63, 3.8) is 0 Å². The normalized spacial score (nSPS) is 12.1. The first kappa shape index (κ1) is 32.4. The molecule has 0 aliphatic carbocycles. The first-order chi connectivity index (χ1) is 29.2. The van der Waals surface area contributed by atoms with Gasteiger partial charge in [0.05, 0.1) is 16.7 Å². The zero-order valence-corrected chi connectivity index (χ0v) is 32.2. The van der Waals surface area contributed by atoms with Gasteiger partial charge in [-0.05, 0) is 53.2 Å². The third-order valence-electron chi connectivity index (χ3n) is 11.8. The summed E-state index contributed by atoms with van der Waals surface area (Å²) in [5, 5.41) is 11.5. The summed E-state index contributed by atoms with van der Waals surface area (Å²) in [6.07, 6.45) is 0. The van der Waals surface area contributed by atoms with Crippen molar-refractivity contribution in [1.29, 1.82) is 0 Å². The molecule has 0 aliphatic rings. The van der Waals surface area contributed by atoms with Gasteiger partial charge in [-0.25, -0.2) is 15.0 Å². The lowest BCUT2D eigenvalue weighted by atomic mass is 10.0. The number of para-hydroxylation sites is 1. The van der Waals surface area contributed by atoms with Crippen LogP contribution in [0.4, 0.5) is 0 Å². The SMILES string of the molecule is c1ccc(-c2nc(-c3ccc4ccccc4c3)nc(-c3cccc4oc5c6ccccc6c(-n6c7ccccc7c7cc8sc9ccccc9c8cc76)cc5c34)n2)cc1. The zero-order chi connectivity index (χ0) is 38.6. The van der Waals surface area contributed by atoms with Gasteiger partial charge in [-0.1, -0.05) is 140 Å². The van der Waals surface area contributed by atoms with Crippen LogP contribution in [0.2, 0.25) is 0 Å². The quantitative estimate of drug-likeness (QED) is 0.179. The van der Waals surface area contributed by atoms with Crippen LogP contribution in [0.1, 0.15) is 0 Å². The molecule has 59 heavy (non-hydrogen) atoms. The third-order valence-corrected chi connectivity index (χ3v) is 12.9. The number of hydrogen-bond donors (Lipinski definition) is 0. The Morgan fingerprint density at radius 1 is 0.407 bits per heavy atom. The van der Waals surface area contributed by atoms with E-state index in [1.54, 1.807) is 0 Å². The summed E-state index contributed by atoms with van der Waals surface area (Å²) in [7, 11) is 0. The Morgan fingerprint density at radius 2 is 1.12 bits per heavy atom. The van der Waals surface area contributed by atoms with Crippen molar-refractivity contribution in [3.8, 4) is 39.9 Å². The average molecular weight is 771 g/mol. The molecule has 5 nitrogen and oxygen atoms in total. The van der Waals surface area contributed by atoms with Gasteiger partial charge >= 0.3 is 0 Å². The second kappa shape index (κ2) is 12.4. The standard InChI is InChI=1S/C53H30N4OS/c1-2-14-32(15-3-1)51-54-52(34-26-25-31-13-4-5-16-33(31)27-34)56-53(55-51)39-21-12-23-46-49(39)42-29-44(35-17-6-7-20-38(35)50(42)58-46)57-43-22-10-8-18-36(43)40-30-48-41(28-45(40)57)37-19-9-11-24-47(37)59-48/h1-30H. The molecule has 274 valence electrons. The molecular weight excluding hydrogens is 741 g/mol. The summed E-state index contributed by atoms with van der Waals surface area (Å²) in [6, 6.07) is 64.3. The highest BCUT2D eigenvalue weighted by Gasteiger charge is 2.23. The molecule has 4 aromatic heterocycles. The summed E-state index contributed by atoms with van der Waals surface area (Å²) in [5.74, 6) is 1.83. The summed E-state index contributed by atoms with van der Waals surface area (Å²) >= 11 is 1.86. The van der Waals surface area contributed by atoms with Crippen LogP contribution in [0.15, 0.2) is 186 Å². The van der Waals surface area contributed by atoms with Crippen molar-refractivity contribution in [2.75, 3.05) is 0 Å². The minimum Gasteiger partial charge on any atom is -0.455 e. The van der Waals surface area contributed by atoms with Gasteiger partial charge in [-0.15, -0.1) is 11.3 Å². The van der Waals surface area contributed by atoms with Crippen LogP contribution in [0.25, 0.3) is 125 Å². The molecule has 13 aromatic rings. The first-order valence-electron chi connectivity index (χ1n) is 19.8. The predicted octanol–water partition coefficient (Wildman–Crippen LogP) is 14.5. The number of hydrogen-bond acceptors (Lipinski definition) is 5. The molecule has 0 aliphatic heterocycles. The lowest BCUT2D eigenvalue weighted by Gasteiger charge is -2.13. The molecule has 0 bridgehead atoms. The molecule has 0 saturated heterocycles. The Balaban J connectivity index is 1.11. The summed E-state index contributed by atoms with van der Waals surface area (Å²) < 4.78 is 11.9. The largest absolute Gasteiger partial charge is 0.455 e. The molecule has 0 atom stereocenters. The van der Waals surface area contributed by atoms with Crippen molar-refractivity contribution >= 4 is 96.8 Å². The van der Waals surface area contributed by atoms with E-state index in [2.05, 4.69) is 150 Å². The van der Waals surface area contributed by atoms with Gasteiger partial charge in [0.1, 0.15) is 11.2 Å². The Bertz CT molecular complexity index is 3860. The summed E-state index contributed by atoms with van der Waals surface area (Å²) in [6.45, 7) is 0. The fourth-order valence-electron chi connectivity index (χ4n) is 9.12. The molecule has 0 amide bonds. The van der Waals surface area contributed by atoms with E-state index in [1.165, 1.54) is 41.8 Å². The van der Waals surface area contributed by atoms with Gasteiger partial charge in [0.15, 0.2) is 17.5 Å². The number of benzene rings is 9. The fraction of sp³-hybridized carbons (Fsp3) is 0. The highest BCUT2D eigenvalue weighted by molar-refractivity contribution is 7.25. The van der Waals surface area contributed by atoms with E-state index in [4.69, 9.17) is 19.4 Å². The van der Waals surface area contributed by atoms with Gasteiger partial charge in [-0.3, -0.25) is 0 Å². The van der Waals surface area contributed by atoms with E-state index in [0.29, 0.717) is 17.5 Å². The van der Waals surface area contributed by atoms with E-state index < -0.39 is 0 Å². The van der Waals surface area contributed by atoms with E-state index in [-0.39, 0.29) is 0 Å². The van der Waals surface area contributed by atoms with Crippen molar-refractivity contribution in [2.24, 2.45) is 0 Å². The molecule has 9 aromatic carbocycles. The molecule has 0 saturated carbocycles. The average Bonchev–Trinajstić information content (AvgIpc) is 3.97. The first-order valence-corrected chi connectivity index (χ1v) is 20.6. The molecule has 4 heterocycles. The van der Waals surface area contributed by atoms with Gasteiger partial charge in [0.2, 0.25) is 0 Å². The van der Waals surface area contributed by atoms with E-state index >= 15 is 0 Å². The molecule has 0 radical (unpaired) electrons. The van der Waals surface area contributed by atoms with E-state index in [0.717, 1.165) is 66.0 Å². The fourth-order valence-corrected chi connectivity index (χ4v) is 10.2. The molecule has 0 N–H and O–H groups in total. The monoisotopic (exact) mass is 770 g/mol. The van der Waals surface area contributed by atoms with Crippen LogP contribution in [0, 0.1) is 0 Å². The number of rotatable bonds is 4. The van der Waals surface area contributed by atoms with Crippen LogP contribution < -0.4 is 0 Å². The van der Waals surface area contributed by atoms with E-state index in [9.17, 15) is 0 Å². The smallest absolute Gasteiger partial charge is 0.164 e. The van der Waals surface area contributed by atoms with Crippen LogP contribution in [0.5, 0.6) is 0 Å². The molecule has 6 heteroatoms.